The van der Waals surface area contributed by atoms with Crippen LogP contribution in [0.2, 0.25) is 0 Å². The molecule has 0 aromatic heterocycles. The molecule has 0 aliphatic rings. The maximum Gasteiger partial charge on any atom is 0.264 e. The lowest BCUT2D eigenvalue weighted by molar-refractivity contribution is -0.119. The van der Waals surface area contributed by atoms with Crippen molar-refractivity contribution in [2.24, 2.45) is 0 Å². The number of anilines is 1. The Morgan fingerprint density at radius 1 is 1.08 bits per heavy atom. The molecular weight excluding hydrogens is 344 g/mol. The van der Waals surface area contributed by atoms with Crippen molar-refractivity contribution >= 4 is 21.6 Å². The number of methoxy groups -OCH3 is 2. The van der Waals surface area contributed by atoms with Gasteiger partial charge in [0.2, 0.25) is 5.91 Å². The van der Waals surface area contributed by atoms with Crippen molar-refractivity contribution in [2.45, 2.75) is 4.90 Å². The van der Waals surface area contributed by atoms with E-state index in [9.17, 15) is 13.2 Å². The van der Waals surface area contributed by atoms with Crippen LogP contribution in [0.1, 0.15) is 0 Å². The monoisotopic (exact) mass is 364 g/mol. The fourth-order valence-electron chi connectivity index (χ4n) is 2.22. The summed E-state index contributed by atoms with van der Waals surface area (Å²) in [6.07, 6.45) is 0. The van der Waals surface area contributed by atoms with Crippen LogP contribution in [-0.2, 0) is 14.8 Å². The predicted molar refractivity (Wildman–Crippen MR) is 94.6 cm³/mol. The predicted octanol–water partition coefficient (Wildman–Crippen LogP) is 1.65. The van der Waals surface area contributed by atoms with Crippen molar-refractivity contribution in [3.05, 3.63) is 48.5 Å². The molecule has 7 nitrogen and oxygen atoms in total. The highest BCUT2D eigenvalue weighted by Gasteiger charge is 2.29. The summed E-state index contributed by atoms with van der Waals surface area (Å²) >= 11 is 0. The molecule has 0 heterocycles. The highest BCUT2D eigenvalue weighted by Crippen LogP contribution is 2.35. The third-order valence-electron chi connectivity index (χ3n) is 3.55. The van der Waals surface area contributed by atoms with Crippen LogP contribution in [0, 0.1) is 0 Å². The van der Waals surface area contributed by atoms with Gasteiger partial charge in [-0.25, -0.2) is 8.42 Å². The number of likely N-dealkylation sites (N-methyl/N-ethyl adjacent to an activating group) is 1. The average molecular weight is 364 g/mol. The fourth-order valence-corrected chi connectivity index (χ4v) is 3.66. The molecule has 0 atom stereocenters. The highest BCUT2D eigenvalue weighted by molar-refractivity contribution is 7.92. The molecule has 0 fully saturated rings. The number of hydrogen-bond acceptors (Lipinski definition) is 5. The molecule has 0 aliphatic carbocycles. The first-order valence-electron chi connectivity index (χ1n) is 7.44. The first kappa shape index (κ1) is 18.6. The zero-order valence-corrected chi connectivity index (χ0v) is 15.0. The van der Waals surface area contributed by atoms with Gasteiger partial charge < -0.3 is 14.8 Å². The van der Waals surface area contributed by atoms with E-state index in [1.54, 1.807) is 30.3 Å². The van der Waals surface area contributed by atoms with Gasteiger partial charge in [-0.1, -0.05) is 18.2 Å². The van der Waals surface area contributed by atoms with Crippen LogP contribution < -0.4 is 19.1 Å². The van der Waals surface area contributed by atoms with Gasteiger partial charge in [0.1, 0.15) is 18.0 Å². The molecule has 25 heavy (non-hydrogen) atoms. The minimum absolute atomic E-state index is 0.0729. The van der Waals surface area contributed by atoms with Gasteiger partial charge in [0, 0.05) is 13.1 Å². The summed E-state index contributed by atoms with van der Waals surface area (Å²) in [6, 6.07) is 12.6. The zero-order valence-electron chi connectivity index (χ0n) is 14.2. The van der Waals surface area contributed by atoms with Gasteiger partial charge in [0.05, 0.1) is 24.8 Å². The largest absolute Gasteiger partial charge is 0.497 e. The standard InChI is InChI=1S/C17H20N2O5S/c1-18-17(20)12-19(25(21,22)14-7-5-4-6-8-14)15-11-13(23-2)9-10-16(15)24-3/h4-11H,12H2,1-3H3,(H,18,20). The molecule has 0 aliphatic heterocycles. The number of benzene rings is 2. The number of amides is 1. The fraction of sp³-hybridized carbons (Fsp3) is 0.235. The van der Waals surface area contributed by atoms with Crippen LogP contribution in [0.3, 0.4) is 0 Å². The minimum atomic E-state index is -3.98. The molecule has 0 saturated heterocycles. The highest BCUT2D eigenvalue weighted by atomic mass is 32.2. The van der Waals surface area contributed by atoms with Crippen molar-refractivity contribution in [3.63, 3.8) is 0 Å². The number of sulfonamides is 1. The van der Waals surface area contributed by atoms with Crippen LogP contribution >= 0.6 is 0 Å². The summed E-state index contributed by atoms with van der Waals surface area (Å²) in [5.41, 5.74) is 0.217. The topological polar surface area (TPSA) is 84.9 Å². The Morgan fingerprint density at radius 3 is 2.32 bits per heavy atom. The number of hydrogen-bond donors (Lipinski definition) is 1. The van der Waals surface area contributed by atoms with Crippen LogP contribution in [0.4, 0.5) is 5.69 Å². The Labute approximate surface area is 147 Å². The lowest BCUT2D eigenvalue weighted by atomic mass is 10.2. The van der Waals surface area contributed by atoms with E-state index in [2.05, 4.69) is 5.32 Å². The SMILES string of the molecule is CNC(=O)CN(c1cc(OC)ccc1OC)S(=O)(=O)c1ccccc1. The van der Waals surface area contributed by atoms with Crippen LogP contribution in [0.15, 0.2) is 53.4 Å². The molecule has 134 valence electrons. The maximum atomic E-state index is 13.1. The summed E-state index contributed by atoms with van der Waals surface area (Å²) in [5, 5.41) is 2.44. The van der Waals surface area contributed by atoms with E-state index in [1.165, 1.54) is 39.5 Å². The van der Waals surface area contributed by atoms with Gasteiger partial charge in [0.15, 0.2) is 0 Å². The van der Waals surface area contributed by atoms with Crippen molar-refractivity contribution in [1.82, 2.24) is 5.32 Å². The smallest absolute Gasteiger partial charge is 0.264 e. The van der Waals surface area contributed by atoms with Crippen LogP contribution in [0.5, 0.6) is 11.5 Å². The molecule has 2 aromatic carbocycles. The molecule has 0 bridgehead atoms. The molecular formula is C17H20N2O5S. The van der Waals surface area contributed by atoms with Gasteiger partial charge in [-0.3, -0.25) is 9.10 Å². The van der Waals surface area contributed by atoms with Gasteiger partial charge in [0.25, 0.3) is 10.0 Å². The third-order valence-corrected chi connectivity index (χ3v) is 5.33. The van der Waals surface area contributed by atoms with E-state index in [0.717, 1.165) is 4.31 Å². The Kier molecular flexibility index (Phi) is 5.87. The first-order chi connectivity index (χ1) is 11.9. The summed E-state index contributed by atoms with van der Waals surface area (Å²) in [5.74, 6) is 0.301. The van der Waals surface area contributed by atoms with Crippen molar-refractivity contribution in [3.8, 4) is 11.5 Å². The first-order valence-corrected chi connectivity index (χ1v) is 8.88. The Morgan fingerprint density at radius 2 is 1.76 bits per heavy atom. The minimum Gasteiger partial charge on any atom is -0.497 e. The van der Waals surface area contributed by atoms with Crippen LogP contribution in [-0.4, -0.2) is 42.1 Å². The molecule has 0 spiro atoms. The van der Waals surface area contributed by atoms with Crippen molar-refractivity contribution < 1.29 is 22.7 Å². The van der Waals surface area contributed by atoms with E-state index in [4.69, 9.17) is 9.47 Å². The normalized spacial score (nSPS) is 10.8. The number of rotatable bonds is 7. The number of ether oxygens (including phenoxy) is 2. The second-order valence-electron chi connectivity index (χ2n) is 5.04. The summed E-state index contributed by atoms with van der Waals surface area (Å²) < 4.78 is 37.7. The molecule has 0 radical (unpaired) electrons. The molecule has 1 amide bonds. The van der Waals surface area contributed by atoms with E-state index >= 15 is 0 Å². The lowest BCUT2D eigenvalue weighted by Gasteiger charge is -2.25. The summed E-state index contributed by atoms with van der Waals surface area (Å²) in [7, 11) is 0.365. The Hall–Kier alpha value is -2.74. The quantitative estimate of drug-likeness (QED) is 0.807. The van der Waals surface area contributed by atoms with E-state index in [1.807, 2.05) is 0 Å². The van der Waals surface area contributed by atoms with Crippen molar-refractivity contribution in [2.75, 3.05) is 32.1 Å². The average Bonchev–Trinajstić information content (AvgIpc) is 2.65. The molecule has 0 unspecified atom stereocenters. The van der Waals surface area contributed by atoms with Gasteiger partial charge >= 0.3 is 0 Å². The number of carbonyl (C=O) groups is 1. The lowest BCUT2D eigenvalue weighted by Crippen LogP contribution is -2.40. The second kappa shape index (κ2) is 7.89. The van der Waals surface area contributed by atoms with Crippen molar-refractivity contribution in [1.29, 1.82) is 0 Å². The molecule has 8 heteroatoms. The number of nitrogens with one attached hydrogen (secondary N) is 1. The van der Waals surface area contributed by atoms with Gasteiger partial charge in [-0.2, -0.15) is 0 Å². The maximum absolute atomic E-state index is 13.1. The van der Waals surface area contributed by atoms with Gasteiger partial charge in [-0.05, 0) is 24.3 Å². The zero-order chi connectivity index (χ0) is 18.4. The second-order valence-corrected chi connectivity index (χ2v) is 6.90. The molecule has 0 saturated carbocycles. The van der Waals surface area contributed by atoms with Crippen LogP contribution in [0.25, 0.3) is 0 Å². The van der Waals surface area contributed by atoms with E-state index in [-0.39, 0.29) is 10.6 Å². The Balaban J connectivity index is 2.63. The van der Waals surface area contributed by atoms with E-state index in [0.29, 0.717) is 11.5 Å². The Bertz CT molecular complexity index is 837. The summed E-state index contributed by atoms with van der Waals surface area (Å²) in [6.45, 7) is -0.392. The van der Waals surface area contributed by atoms with E-state index < -0.39 is 22.5 Å². The molecule has 2 aromatic rings. The third kappa shape index (κ3) is 4.03. The van der Waals surface area contributed by atoms with Gasteiger partial charge in [-0.15, -0.1) is 0 Å². The molecule has 2 rings (SSSR count). The molecule has 1 N–H and O–H groups in total. The summed E-state index contributed by atoms with van der Waals surface area (Å²) in [4.78, 5) is 12.0. The number of carbonyl (C=O) groups excluding carboxylic acids is 1. The number of nitrogens with zero attached hydrogens (tertiary/aromatic N) is 1.